The number of aromatic carboxylic acids is 1. The molecule has 1 fully saturated rings. The topological polar surface area (TPSA) is 65.0 Å². The first kappa shape index (κ1) is 14.8. The molecule has 1 saturated heterocycles. The number of hydrogen-bond donors (Lipinski definition) is 1. The normalized spacial score (nSPS) is 18.1. The summed E-state index contributed by atoms with van der Waals surface area (Å²) in [7, 11) is 0. The summed E-state index contributed by atoms with van der Waals surface area (Å²) in [6.45, 7) is 3.43. The van der Waals surface area contributed by atoms with Crippen LogP contribution in [0.2, 0.25) is 0 Å². The zero-order chi connectivity index (χ0) is 14.2. The fourth-order valence-corrected chi connectivity index (χ4v) is 2.08. The van der Waals surface area contributed by atoms with Crippen LogP contribution in [0.4, 0.5) is 0 Å². The Balaban J connectivity index is 1.62. The lowest BCUT2D eigenvalue weighted by molar-refractivity contribution is 0.0689. The van der Waals surface area contributed by atoms with Crippen molar-refractivity contribution in [2.24, 2.45) is 5.92 Å². The molecule has 0 aliphatic carbocycles. The second kappa shape index (κ2) is 7.87. The largest absolute Gasteiger partial charge is 0.493 e. The molecule has 1 atom stereocenters. The van der Waals surface area contributed by atoms with E-state index in [9.17, 15) is 4.79 Å². The molecule has 20 heavy (non-hydrogen) atoms. The predicted octanol–water partition coefficient (Wildman–Crippen LogP) is 2.21. The van der Waals surface area contributed by atoms with Gasteiger partial charge in [0.25, 0.3) is 0 Å². The van der Waals surface area contributed by atoms with E-state index in [4.69, 9.17) is 19.3 Å². The Bertz CT molecular complexity index is 426. The van der Waals surface area contributed by atoms with Gasteiger partial charge in [0.1, 0.15) is 11.3 Å². The van der Waals surface area contributed by atoms with Crippen molar-refractivity contribution < 1.29 is 24.1 Å². The maximum atomic E-state index is 11.0. The molecule has 0 saturated carbocycles. The summed E-state index contributed by atoms with van der Waals surface area (Å²) in [6.07, 6.45) is 1.81. The maximum Gasteiger partial charge on any atom is 0.339 e. The maximum absolute atomic E-state index is 11.0. The van der Waals surface area contributed by atoms with Gasteiger partial charge in [0.05, 0.1) is 19.8 Å². The lowest BCUT2D eigenvalue weighted by Gasteiger charge is -2.10. The van der Waals surface area contributed by atoms with E-state index in [1.54, 1.807) is 18.2 Å². The van der Waals surface area contributed by atoms with Gasteiger partial charge in [-0.05, 0) is 18.6 Å². The minimum absolute atomic E-state index is 0.191. The van der Waals surface area contributed by atoms with Crippen molar-refractivity contribution in [1.29, 1.82) is 0 Å². The van der Waals surface area contributed by atoms with Gasteiger partial charge in [-0.2, -0.15) is 0 Å². The monoisotopic (exact) mass is 280 g/mol. The standard InChI is InChI=1S/C15H20O5/c16-15(17)13-4-1-2-5-14(13)20-8-3-7-18-10-12-6-9-19-11-12/h1-2,4-5,12H,3,6-11H2,(H,16,17). The van der Waals surface area contributed by atoms with E-state index in [-0.39, 0.29) is 5.56 Å². The van der Waals surface area contributed by atoms with E-state index >= 15 is 0 Å². The lowest BCUT2D eigenvalue weighted by Crippen LogP contribution is -2.12. The second-order valence-electron chi connectivity index (χ2n) is 4.81. The third kappa shape index (κ3) is 4.51. The Labute approximate surface area is 118 Å². The SMILES string of the molecule is O=C(O)c1ccccc1OCCCOCC1CCOC1. The van der Waals surface area contributed by atoms with Gasteiger partial charge in [0, 0.05) is 25.6 Å². The molecular weight excluding hydrogens is 260 g/mol. The summed E-state index contributed by atoms with van der Waals surface area (Å²) >= 11 is 0. The van der Waals surface area contributed by atoms with Crippen molar-refractivity contribution in [3.63, 3.8) is 0 Å². The third-order valence-corrected chi connectivity index (χ3v) is 3.19. The molecule has 0 spiro atoms. The average molecular weight is 280 g/mol. The molecule has 5 heteroatoms. The lowest BCUT2D eigenvalue weighted by atomic mass is 10.1. The van der Waals surface area contributed by atoms with Gasteiger partial charge >= 0.3 is 5.97 Å². The van der Waals surface area contributed by atoms with Crippen LogP contribution in [0.5, 0.6) is 5.75 Å². The highest BCUT2D eigenvalue weighted by Gasteiger charge is 2.15. The molecule has 110 valence electrons. The Morgan fingerprint density at radius 1 is 1.35 bits per heavy atom. The average Bonchev–Trinajstić information content (AvgIpc) is 2.96. The van der Waals surface area contributed by atoms with Crippen LogP contribution < -0.4 is 4.74 Å². The summed E-state index contributed by atoms with van der Waals surface area (Å²) in [5.74, 6) is -0.0501. The molecule has 1 heterocycles. The molecule has 1 N–H and O–H groups in total. The van der Waals surface area contributed by atoms with Crippen LogP contribution in [0, 0.1) is 5.92 Å². The van der Waals surface area contributed by atoms with Gasteiger partial charge in [-0.25, -0.2) is 4.79 Å². The summed E-state index contributed by atoms with van der Waals surface area (Å²) in [5.41, 5.74) is 0.191. The first-order valence-corrected chi connectivity index (χ1v) is 6.88. The fraction of sp³-hybridized carbons (Fsp3) is 0.533. The van der Waals surface area contributed by atoms with E-state index in [2.05, 4.69) is 0 Å². The molecule has 1 aliphatic rings. The molecule has 0 radical (unpaired) electrons. The van der Waals surface area contributed by atoms with Gasteiger partial charge in [-0.3, -0.25) is 0 Å². The third-order valence-electron chi connectivity index (χ3n) is 3.19. The van der Waals surface area contributed by atoms with Crippen LogP contribution in [-0.4, -0.2) is 44.1 Å². The number of benzene rings is 1. The zero-order valence-electron chi connectivity index (χ0n) is 11.4. The van der Waals surface area contributed by atoms with Crippen molar-refractivity contribution in [3.8, 4) is 5.75 Å². The van der Waals surface area contributed by atoms with Crippen molar-refractivity contribution >= 4 is 5.97 Å². The Morgan fingerprint density at radius 3 is 2.95 bits per heavy atom. The van der Waals surface area contributed by atoms with Crippen molar-refractivity contribution in [1.82, 2.24) is 0 Å². The summed E-state index contributed by atoms with van der Waals surface area (Å²) in [4.78, 5) is 11.0. The van der Waals surface area contributed by atoms with Crippen LogP contribution >= 0.6 is 0 Å². The van der Waals surface area contributed by atoms with Crippen LogP contribution in [0.25, 0.3) is 0 Å². The van der Waals surface area contributed by atoms with Crippen LogP contribution in [-0.2, 0) is 9.47 Å². The van der Waals surface area contributed by atoms with Gasteiger partial charge in [-0.15, -0.1) is 0 Å². The fourth-order valence-electron chi connectivity index (χ4n) is 2.08. The van der Waals surface area contributed by atoms with Crippen LogP contribution in [0.15, 0.2) is 24.3 Å². The van der Waals surface area contributed by atoms with Crippen LogP contribution in [0.1, 0.15) is 23.2 Å². The molecular formula is C15H20O5. The van der Waals surface area contributed by atoms with Crippen LogP contribution in [0.3, 0.4) is 0 Å². The first-order valence-electron chi connectivity index (χ1n) is 6.88. The van der Waals surface area contributed by atoms with E-state index in [0.717, 1.165) is 32.7 Å². The van der Waals surface area contributed by atoms with E-state index in [0.29, 0.717) is 24.9 Å². The molecule has 0 amide bonds. The number of hydrogen-bond acceptors (Lipinski definition) is 4. The van der Waals surface area contributed by atoms with Crippen molar-refractivity contribution in [2.75, 3.05) is 33.0 Å². The smallest absolute Gasteiger partial charge is 0.339 e. The molecule has 0 bridgehead atoms. The Hall–Kier alpha value is -1.59. The highest BCUT2D eigenvalue weighted by atomic mass is 16.5. The molecule has 1 aromatic carbocycles. The second-order valence-corrected chi connectivity index (χ2v) is 4.81. The summed E-state index contributed by atoms with van der Waals surface area (Å²) < 4.78 is 16.3. The molecule has 5 nitrogen and oxygen atoms in total. The minimum Gasteiger partial charge on any atom is -0.493 e. The molecule has 0 aromatic heterocycles. The number of rotatable bonds is 8. The molecule has 1 unspecified atom stereocenters. The first-order chi connectivity index (χ1) is 9.77. The number of carboxylic acid groups (broad SMARTS) is 1. The Kier molecular flexibility index (Phi) is 5.83. The zero-order valence-corrected chi connectivity index (χ0v) is 11.4. The number of carbonyl (C=O) groups is 1. The number of para-hydroxylation sites is 1. The molecule has 1 aromatic rings. The minimum atomic E-state index is -0.974. The highest BCUT2D eigenvalue weighted by Crippen LogP contribution is 2.18. The molecule has 1 aliphatic heterocycles. The van der Waals surface area contributed by atoms with Crippen molar-refractivity contribution in [2.45, 2.75) is 12.8 Å². The van der Waals surface area contributed by atoms with Crippen molar-refractivity contribution in [3.05, 3.63) is 29.8 Å². The Morgan fingerprint density at radius 2 is 2.20 bits per heavy atom. The number of ether oxygens (including phenoxy) is 3. The van der Waals surface area contributed by atoms with Gasteiger partial charge in [-0.1, -0.05) is 12.1 Å². The summed E-state index contributed by atoms with van der Waals surface area (Å²) in [5, 5.41) is 9.01. The summed E-state index contributed by atoms with van der Waals surface area (Å²) in [6, 6.07) is 6.65. The molecule has 2 rings (SSSR count). The quantitative estimate of drug-likeness (QED) is 0.740. The predicted molar refractivity (Wildman–Crippen MR) is 73.3 cm³/mol. The van der Waals surface area contributed by atoms with E-state index < -0.39 is 5.97 Å². The van der Waals surface area contributed by atoms with Gasteiger partial charge in [0.15, 0.2) is 0 Å². The number of carboxylic acids is 1. The van der Waals surface area contributed by atoms with Gasteiger partial charge in [0.2, 0.25) is 0 Å². The van der Waals surface area contributed by atoms with Gasteiger partial charge < -0.3 is 19.3 Å². The highest BCUT2D eigenvalue weighted by molar-refractivity contribution is 5.90. The van der Waals surface area contributed by atoms with E-state index in [1.807, 2.05) is 0 Å². The van der Waals surface area contributed by atoms with E-state index in [1.165, 1.54) is 6.07 Å².